The van der Waals surface area contributed by atoms with Crippen LogP contribution in [0, 0.1) is 6.92 Å². The molecule has 1 N–H and O–H groups in total. The van der Waals surface area contributed by atoms with Crippen molar-refractivity contribution in [2.45, 2.75) is 32.7 Å². The summed E-state index contributed by atoms with van der Waals surface area (Å²) in [6.45, 7) is 3.35. The number of carbonyl (C=O) groups is 1. The van der Waals surface area contributed by atoms with Crippen molar-refractivity contribution in [3.8, 4) is 11.3 Å². The quantitative estimate of drug-likeness (QED) is 0.552. The topological polar surface area (TPSA) is 56.1 Å². The zero-order valence-electron chi connectivity index (χ0n) is 16.5. The summed E-state index contributed by atoms with van der Waals surface area (Å²) in [5, 5.41) is 7.82. The normalized spacial score (nSPS) is 10.8. The van der Waals surface area contributed by atoms with Gasteiger partial charge in [-0.25, -0.2) is 4.68 Å². The van der Waals surface area contributed by atoms with Crippen LogP contribution in [0.3, 0.4) is 0 Å². The molecule has 1 aromatic heterocycles. The average Bonchev–Trinajstić information content (AvgIpc) is 3.08. The lowest BCUT2D eigenvalue weighted by molar-refractivity contribution is -0.116. The first kappa shape index (κ1) is 19.8. The number of aromatic nitrogens is 2. The maximum atomic E-state index is 12.4. The zero-order chi connectivity index (χ0) is 19.8. The summed E-state index contributed by atoms with van der Waals surface area (Å²) in [7, 11) is 1.68. The van der Waals surface area contributed by atoms with Crippen molar-refractivity contribution in [3.05, 3.63) is 71.8 Å². The maximum absolute atomic E-state index is 12.4. The maximum Gasteiger partial charge on any atom is 0.225 e. The van der Waals surface area contributed by atoms with Gasteiger partial charge in [0.2, 0.25) is 5.91 Å². The minimum Gasteiger partial charge on any atom is -0.385 e. The summed E-state index contributed by atoms with van der Waals surface area (Å²) in [5.41, 5.74) is 4.23. The molecule has 0 saturated carbocycles. The second kappa shape index (κ2) is 9.85. The Balaban J connectivity index is 1.82. The van der Waals surface area contributed by atoms with E-state index in [1.807, 2.05) is 41.1 Å². The van der Waals surface area contributed by atoms with Crippen LogP contribution in [-0.4, -0.2) is 29.4 Å². The van der Waals surface area contributed by atoms with E-state index in [2.05, 4.69) is 36.5 Å². The number of anilines is 1. The Hall–Kier alpha value is -2.92. The highest BCUT2D eigenvalue weighted by atomic mass is 16.5. The van der Waals surface area contributed by atoms with Gasteiger partial charge in [0, 0.05) is 31.8 Å². The van der Waals surface area contributed by atoms with E-state index in [9.17, 15) is 4.79 Å². The highest BCUT2D eigenvalue weighted by Crippen LogP contribution is 2.25. The van der Waals surface area contributed by atoms with Crippen LogP contribution in [0.5, 0.6) is 0 Å². The molecule has 0 bridgehead atoms. The van der Waals surface area contributed by atoms with Gasteiger partial charge in [0.25, 0.3) is 0 Å². The molecule has 0 spiro atoms. The Bertz CT molecular complexity index is 903. The van der Waals surface area contributed by atoms with E-state index in [4.69, 9.17) is 9.84 Å². The van der Waals surface area contributed by atoms with Crippen LogP contribution in [0.2, 0.25) is 0 Å². The largest absolute Gasteiger partial charge is 0.385 e. The highest BCUT2D eigenvalue weighted by molar-refractivity contribution is 5.90. The molecule has 1 heterocycles. The first-order valence-electron chi connectivity index (χ1n) is 9.64. The number of rotatable bonds is 9. The molecule has 0 unspecified atom stereocenters. The lowest BCUT2D eigenvalue weighted by atomic mass is 10.1. The molecule has 3 rings (SSSR count). The van der Waals surface area contributed by atoms with Crippen molar-refractivity contribution in [2.24, 2.45) is 0 Å². The van der Waals surface area contributed by atoms with Crippen LogP contribution in [0.1, 0.15) is 30.4 Å². The summed E-state index contributed by atoms with van der Waals surface area (Å²) >= 11 is 0. The van der Waals surface area contributed by atoms with Gasteiger partial charge >= 0.3 is 0 Å². The Morgan fingerprint density at radius 3 is 2.57 bits per heavy atom. The van der Waals surface area contributed by atoms with Gasteiger partial charge in [-0.3, -0.25) is 4.79 Å². The van der Waals surface area contributed by atoms with Gasteiger partial charge < -0.3 is 10.1 Å². The van der Waals surface area contributed by atoms with Crippen LogP contribution in [0.25, 0.3) is 11.3 Å². The molecule has 0 saturated heterocycles. The van der Waals surface area contributed by atoms with Gasteiger partial charge in [0.1, 0.15) is 5.82 Å². The summed E-state index contributed by atoms with van der Waals surface area (Å²) in [6.07, 6.45) is 2.15. The van der Waals surface area contributed by atoms with Gasteiger partial charge in [-0.1, -0.05) is 54.6 Å². The fraction of sp³-hybridized carbons (Fsp3) is 0.304. The number of unbranched alkanes of at least 4 members (excludes halogenated alkanes) is 1. The van der Waals surface area contributed by atoms with Crippen LogP contribution in [0.15, 0.2) is 60.7 Å². The predicted octanol–water partition coefficient (Wildman–Crippen LogP) is 4.66. The molecule has 5 heteroatoms. The number of benzene rings is 2. The second-order valence-corrected chi connectivity index (χ2v) is 6.87. The summed E-state index contributed by atoms with van der Waals surface area (Å²) in [4.78, 5) is 12.4. The summed E-state index contributed by atoms with van der Waals surface area (Å²) < 4.78 is 6.91. The van der Waals surface area contributed by atoms with Crippen LogP contribution in [-0.2, 0) is 16.1 Å². The molecule has 0 aliphatic rings. The molecule has 3 aromatic rings. The number of hydrogen-bond donors (Lipinski definition) is 1. The minimum atomic E-state index is 0.00153. The number of carbonyl (C=O) groups excluding carboxylic acids is 1. The third-order valence-electron chi connectivity index (χ3n) is 4.65. The second-order valence-electron chi connectivity index (χ2n) is 6.87. The Kier molecular flexibility index (Phi) is 6.98. The Labute approximate surface area is 166 Å². The number of nitrogens with one attached hydrogen (secondary N) is 1. The molecule has 5 nitrogen and oxygen atoms in total. The molecule has 2 aromatic carbocycles. The summed E-state index contributed by atoms with van der Waals surface area (Å²) in [6, 6.07) is 20.2. The van der Waals surface area contributed by atoms with Crippen molar-refractivity contribution in [1.29, 1.82) is 0 Å². The van der Waals surface area contributed by atoms with Crippen LogP contribution >= 0.6 is 0 Å². The highest BCUT2D eigenvalue weighted by Gasteiger charge is 2.14. The van der Waals surface area contributed by atoms with Gasteiger partial charge in [-0.2, -0.15) is 5.10 Å². The average molecular weight is 377 g/mol. The molecule has 1 amide bonds. The van der Waals surface area contributed by atoms with Crippen molar-refractivity contribution in [2.75, 3.05) is 19.0 Å². The first-order chi connectivity index (χ1) is 13.7. The lowest BCUT2D eigenvalue weighted by Crippen LogP contribution is -2.16. The molecule has 146 valence electrons. The van der Waals surface area contributed by atoms with E-state index in [1.165, 1.54) is 0 Å². The van der Waals surface area contributed by atoms with Crippen molar-refractivity contribution in [1.82, 2.24) is 9.78 Å². The van der Waals surface area contributed by atoms with Crippen molar-refractivity contribution < 1.29 is 9.53 Å². The van der Waals surface area contributed by atoms with E-state index in [-0.39, 0.29) is 5.91 Å². The van der Waals surface area contributed by atoms with E-state index in [0.717, 1.165) is 41.0 Å². The smallest absolute Gasteiger partial charge is 0.225 e. The monoisotopic (exact) mass is 377 g/mol. The Morgan fingerprint density at radius 2 is 1.82 bits per heavy atom. The van der Waals surface area contributed by atoms with E-state index in [0.29, 0.717) is 19.6 Å². The van der Waals surface area contributed by atoms with E-state index >= 15 is 0 Å². The molecule has 0 aliphatic heterocycles. The fourth-order valence-electron chi connectivity index (χ4n) is 3.12. The first-order valence-corrected chi connectivity index (χ1v) is 9.64. The Morgan fingerprint density at radius 1 is 1.07 bits per heavy atom. The van der Waals surface area contributed by atoms with Crippen molar-refractivity contribution >= 4 is 11.7 Å². The number of hydrogen-bond acceptors (Lipinski definition) is 3. The summed E-state index contributed by atoms with van der Waals surface area (Å²) in [5.74, 6) is 0.723. The molecule has 28 heavy (non-hydrogen) atoms. The van der Waals surface area contributed by atoms with Crippen molar-refractivity contribution in [3.63, 3.8) is 0 Å². The molecule has 0 atom stereocenters. The van der Waals surface area contributed by atoms with Gasteiger partial charge in [0.05, 0.1) is 12.2 Å². The van der Waals surface area contributed by atoms with Crippen LogP contribution in [0.4, 0.5) is 5.82 Å². The number of aryl methyl sites for hydroxylation is 1. The molecule has 0 radical (unpaired) electrons. The number of nitrogens with zero attached hydrogens (tertiary/aromatic N) is 2. The van der Waals surface area contributed by atoms with Gasteiger partial charge in [0.15, 0.2) is 0 Å². The number of amides is 1. The minimum absolute atomic E-state index is 0.00153. The predicted molar refractivity (Wildman–Crippen MR) is 112 cm³/mol. The van der Waals surface area contributed by atoms with Crippen LogP contribution < -0.4 is 5.32 Å². The molecule has 0 aliphatic carbocycles. The number of ether oxygens (including phenoxy) is 1. The molecular weight excluding hydrogens is 350 g/mol. The fourth-order valence-corrected chi connectivity index (χ4v) is 3.12. The standard InChI is InChI=1S/C23H27N3O2/c1-18-10-6-7-13-20(18)21-16-22(24-23(27)14-8-9-15-28-2)26(25-21)17-19-11-4-3-5-12-19/h3-7,10-13,16H,8-9,14-15,17H2,1-2H3,(H,24,27). The lowest BCUT2D eigenvalue weighted by Gasteiger charge is -2.09. The third-order valence-corrected chi connectivity index (χ3v) is 4.65. The molecular formula is C23H27N3O2. The van der Waals surface area contributed by atoms with E-state index < -0.39 is 0 Å². The zero-order valence-corrected chi connectivity index (χ0v) is 16.5. The van der Waals surface area contributed by atoms with Gasteiger partial charge in [-0.15, -0.1) is 0 Å². The third kappa shape index (κ3) is 5.30. The SMILES string of the molecule is COCCCCC(=O)Nc1cc(-c2ccccc2C)nn1Cc1ccccc1. The number of methoxy groups -OCH3 is 1. The molecule has 0 fully saturated rings. The van der Waals surface area contributed by atoms with Gasteiger partial charge in [-0.05, 0) is 30.9 Å². The van der Waals surface area contributed by atoms with E-state index in [1.54, 1.807) is 7.11 Å².